The third-order valence-corrected chi connectivity index (χ3v) is 4.69. The van der Waals surface area contributed by atoms with Gasteiger partial charge in [-0.2, -0.15) is 0 Å². The van der Waals surface area contributed by atoms with Crippen LogP contribution in [0.15, 0.2) is 12.1 Å². The van der Waals surface area contributed by atoms with Crippen LogP contribution in [0.25, 0.3) is 0 Å². The van der Waals surface area contributed by atoms with Crippen LogP contribution in [0.5, 0.6) is 17.2 Å². The number of amides is 2. The number of primary amides is 1. The minimum atomic E-state index is -0.561. The molecule has 3 rings (SSSR count). The van der Waals surface area contributed by atoms with E-state index in [0.29, 0.717) is 22.8 Å². The minimum Gasteiger partial charge on any atom is -0.493 e. The molecular weight excluding hydrogens is 372 g/mol. The largest absolute Gasteiger partial charge is 0.493 e. The number of carbonyl (C=O) groups excluding carboxylic acids is 2. The zero-order valence-corrected chi connectivity index (χ0v) is 15.9. The number of carbonyl (C=O) groups is 2. The molecule has 1 aromatic carbocycles. The van der Waals surface area contributed by atoms with Crippen LogP contribution < -0.4 is 25.3 Å². The van der Waals surface area contributed by atoms with E-state index in [1.165, 1.54) is 21.3 Å². The highest BCUT2D eigenvalue weighted by atomic mass is 16.6. The van der Waals surface area contributed by atoms with E-state index in [1.807, 2.05) is 0 Å². The average Bonchev–Trinajstić information content (AvgIpc) is 3.27. The number of nitrogens with two attached hydrogens (primary N) is 1. The zero-order chi connectivity index (χ0) is 20.3. The van der Waals surface area contributed by atoms with Crippen molar-refractivity contribution in [3.63, 3.8) is 0 Å². The maximum atomic E-state index is 12.8. The quantitative estimate of drug-likeness (QED) is 0.601. The second-order valence-electron chi connectivity index (χ2n) is 6.41. The van der Waals surface area contributed by atoms with Gasteiger partial charge in [-0.1, -0.05) is 0 Å². The third kappa shape index (κ3) is 3.98. The number of rotatable bonds is 8. The van der Waals surface area contributed by atoms with Gasteiger partial charge in [0.15, 0.2) is 11.5 Å². The standard InChI is InChI=1S/C18H24N2O8/c1-23-11-4-9(5-12(24-2)16(11)25-3)18(22)20-10-6-27-17-13(7-28-15(10)17)26-8-14(19)21/h4-5,10,13,15,17H,6-8H2,1-3H3,(H2,19,21)(H,20,22). The molecule has 2 heterocycles. The molecule has 0 aromatic heterocycles. The first-order valence-corrected chi connectivity index (χ1v) is 8.72. The Balaban J connectivity index is 1.68. The first-order valence-electron chi connectivity index (χ1n) is 8.72. The van der Waals surface area contributed by atoms with Gasteiger partial charge >= 0.3 is 0 Å². The van der Waals surface area contributed by atoms with Crippen molar-refractivity contribution >= 4 is 11.8 Å². The van der Waals surface area contributed by atoms with Crippen molar-refractivity contribution in [2.24, 2.45) is 5.73 Å². The fourth-order valence-electron chi connectivity index (χ4n) is 3.38. The molecule has 2 aliphatic heterocycles. The van der Waals surface area contributed by atoms with E-state index in [9.17, 15) is 9.59 Å². The second-order valence-corrected chi connectivity index (χ2v) is 6.41. The summed E-state index contributed by atoms with van der Waals surface area (Å²) in [5.41, 5.74) is 5.45. The number of hydrogen-bond acceptors (Lipinski definition) is 8. The molecule has 4 atom stereocenters. The Morgan fingerprint density at radius 1 is 1.07 bits per heavy atom. The van der Waals surface area contributed by atoms with E-state index < -0.39 is 12.0 Å². The summed E-state index contributed by atoms with van der Waals surface area (Å²) in [7, 11) is 4.45. The van der Waals surface area contributed by atoms with Crippen LogP contribution in [0, 0.1) is 0 Å². The first kappa shape index (κ1) is 20.2. The van der Waals surface area contributed by atoms with Gasteiger partial charge in [0.05, 0.1) is 40.6 Å². The van der Waals surface area contributed by atoms with Gasteiger partial charge in [0.25, 0.3) is 5.91 Å². The third-order valence-electron chi connectivity index (χ3n) is 4.69. The van der Waals surface area contributed by atoms with Crippen molar-refractivity contribution in [3.8, 4) is 17.2 Å². The van der Waals surface area contributed by atoms with Crippen LogP contribution in [-0.2, 0) is 19.0 Å². The van der Waals surface area contributed by atoms with Gasteiger partial charge in [0.1, 0.15) is 24.9 Å². The van der Waals surface area contributed by atoms with E-state index in [-0.39, 0.29) is 44.0 Å². The Morgan fingerprint density at radius 3 is 2.29 bits per heavy atom. The van der Waals surface area contributed by atoms with Crippen LogP contribution in [0.2, 0.25) is 0 Å². The Labute approximate surface area is 162 Å². The van der Waals surface area contributed by atoms with E-state index in [0.717, 1.165) is 0 Å². The number of nitrogens with one attached hydrogen (secondary N) is 1. The van der Waals surface area contributed by atoms with Gasteiger partial charge < -0.3 is 39.5 Å². The molecular formula is C18H24N2O8. The highest BCUT2D eigenvalue weighted by molar-refractivity contribution is 5.96. The SMILES string of the molecule is COc1cc(C(=O)NC2COC3C(OCC(N)=O)COC23)cc(OC)c1OC. The highest BCUT2D eigenvalue weighted by Crippen LogP contribution is 2.38. The van der Waals surface area contributed by atoms with Crippen LogP contribution in [-0.4, -0.2) is 77.3 Å². The van der Waals surface area contributed by atoms with Gasteiger partial charge in [-0.15, -0.1) is 0 Å². The maximum absolute atomic E-state index is 12.8. The Morgan fingerprint density at radius 2 is 1.71 bits per heavy atom. The summed E-state index contributed by atoms with van der Waals surface area (Å²) in [4.78, 5) is 23.6. The molecule has 0 spiro atoms. The average molecular weight is 396 g/mol. The molecule has 0 bridgehead atoms. The summed E-state index contributed by atoms with van der Waals surface area (Å²) in [6.45, 7) is 0.324. The van der Waals surface area contributed by atoms with Crippen LogP contribution in [0.4, 0.5) is 0 Å². The molecule has 4 unspecified atom stereocenters. The lowest BCUT2D eigenvalue weighted by Gasteiger charge is -2.19. The van der Waals surface area contributed by atoms with Crippen LogP contribution in [0.1, 0.15) is 10.4 Å². The molecule has 2 aliphatic rings. The van der Waals surface area contributed by atoms with Gasteiger partial charge in [0.2, 0.25) is 11.7 Å². The summed E-state index contributed by atoms with van der Waals surface area (Å²) >= 11 is 0. The Kier molecular flexibility index (Phi) is 6.22. The van der Waals surface area contributed by atoms with E-state index in [1.54, 1.807) is 12.1 Å². The summed E-state index contributed by atoms with van der Waals surface area (Å²) < 4.78 is 32.7. The molecule has 1 aromatic rings. The summed E-state index contributed by atoms with van der Waals surface area (Å²) in [5.74, 6) is 0.265. The molecule has 10 heteroatoms. The molecule has 2 fully saturated rings. The molecule has 10 nitrogen and oxygen atoms in total. The van der Waals surface area contributed by atoms with Crippen molar-refractivity contribution in [1.82, 2.24) is 5.32 Å². The van der Waals surface area contributed by atoms with E-state index >= 15 is 0 Å². The zero-order valence-electron chi connectivity index (χ0n) is 15.9. The van der Waals surface area contributed by atoms with Crippen LogP contribution in [0.3, 0.4) is 0 Å². The molecule has 2 amide bonds. The lowest BCUT2D eigenvalue weighted by Crippen LogP contribution is -2.44. The molecule has 0 saturated carbocycles. The van der Waals surface area contributed by atoms with Crippen molar-refractivity contribution in [3.05, 3.63) is 17.7 Å². The Bertz CT molecular complexity index is 715. The highest BCUT2D eigenvalue weighted by Gasteiger charge is 2.49. The van der Waals surface area contributed by atoms with E-state index in [2.05, 4.69) is 5.32 Å². The molecule has 0 radical (unpaired) electrons. The number of hydrogen-bond donors (Lipinski definition) is 2. The molecule has 3 N–H and O–H groups in total. The van der Waals surface area contributed by atoms with Crippen molar-refractivity contribution in [1.29, 1.82) is 0 Å². The normalized spacial score (nSPS) is 25.8. The molecule has 154 valence electrons. The predicted molar refractivity (Wildman–Crippen MR) is 95.8 cm³/mol. The van der Waals surface area contributed by atoms with Crippen LogP contribution >= 0.6 is 0 Å². The minimum absolute atomic E-state index is 0.205. The topological polar surface area (TPSA) is 128 Å². The lowest BCUT2D eigenvalue weighted by molar-refractivity contribution is -0.126. The summed E-state index contributed by atoms with van der Waals surface area (Å²) in [6, 6.07) is 2.77. The fourth-order valence-corrected chi connectivity index (χ4v) is 3.38. The first-order chi connectivity index (χ1) is 13.5. The van der Waals surface area contributed by atoms with Crippen molar-refractivity contribution < 1.29 is 38.0 Å². The van der Waals surface area contributed by atoms with Gasteiger partial charge in [-0.25, -0.2) is 0 Å². The fraction of sp³-hybridized carbons (Fsp3) is 0.556. The van der Waals surface area contributed by atoms with Gasteiger partial charge in [-0.3, -0.25) is 9.59 Å². The van der Waals surface area contributed by atoms with Crippen molar-refractivity contribution in [2.45, 2.75) is 24.4 Å². The predicted octanol–water partition coefficient (Wildman–Crippen LogP) is -0.521. The van der Waals surface area contributed by atoms with Crippen molar-refractivity contribution in [2.75, 3.05) is 41.2 Å². The number of methoxy groups -OCH3 is 3. The smallest absolute Gasteiger partial charge is 0.251 e. The Hall–Kier alpha value is -2.56. The summed E-state index contributed by atoms with van der Waals surface area (Å²) in [5, 5.41) is 2.90. The summed E-state index contributed by atoms with van der Waals surface area (Å²) in [6.07, 6.45) is -1.14. The number of ether oxygens (including phenoxy) is 6. The maximum Gasteiger partial charge on any atom is 0.251 e. The second kappa shape index (κ2) is 8.63. The molecule has 28 heavy (non-hydrogen) atoms. The lowest BCUT2D eigenvalue weighted by atomic mass is 10.1. The monoisotopic (exact) mass is 396 g/mol. The number of benzene rings is 1. The van der Waals surface area contributed by atoms with Gasteiger partial charge in [0, 0.05) is 5.56 Å². The molecule has 2 saturated heterocycles. The van der Waals surface area contributed by atoms with E-state index in [4.69, 9.17) is 34.2 Å². The van der Waals surface area contributed by atoms with Gasteiger partial charge in [-0.05, 0) is 12.1 Å². The number of fused-ring (bicyclic) bond motifs is 1. The molecule has 0 aliphatic carbocycles.